The number of amides is 3. The van der Waals surface area contributed by atoms with Gasteiger partial charge in [-0.1, -0.05) is 6.92 Å². The van der Waals surface area contributed by atoms with Gasteiger partial charge in [0.2, 0.25) is 11.8 Å². The van der Waals surface area contributed by atoms with E-state index >= 15 is 0 Å². The van der Waals surface area contributed by atoms with Crippen LogP contribution in [0.5, 0.6) is 0 Å². The van der Waals surface area contributed by atoms with Crippen molar-refractivity contribution in [3.63, 3.8) is 0 Å². The number of fused-ring (bicyclic) bond motifs is 1. The van der Waals surface area contributed by atoms with Crippen LogP contribution in [0.25, 0.3) is 0 Å². The maximum absolute atomic E-state index is 13.4. The Hall–Kier alpha value is -2.36. The number of nitrogens with one attached hydrogen (secondary N) is 2. The van der Waals surface area contributed by atoms with Gasteiger partial charge in [-0.15, -0.1) is 0 Å². The molecule has 0 aromatic carbocycles. The largest absolute Gasteiger partial charge is 0.467 e. The number of nitrogens with zero attached hydrogens (tertiary/aromatic N) is 1. The van der Waals surface area contributed by atoms with E-state index in [0.717, 1.165) is 0 Å². The van der Waals surface area contributed by atoms with E-state index in [1.54, 1.807) is 27.7 Å². The Balaban J connectivity index is 2.17. The van der Waals surface area contributed by atoms with Gasteiger partial charge in [-0.3, -0.25) is 9.59 Å². The van der Waals surface area contributed by atoms with E-state index in [9.17, 15) is 24.3 Å². The molecule has 4 unspecified atom stereocenters. The van der Waals surface area contributed by atoms with Gasteiger partial charge in [-0.2, -0.15) is 0 Å². The van der Waals surface area contributed by atoms with Gasteiger partial charge in [-0.25, -0.2) is 9.59 Å². The van der Waals surface area contributed by atoms with Gasteiger partial charge in [0.15, 0.2) is 0 Å². The summed E-state index contributed by atoms with van der Waals surface area (Å²) in [5.41, 5.74) is -0.717. The summed E-state index contributed by atoms with van der Waals surface area (Å²) in [6, 6.07) is -2.73. The van der Waals surface area contributed by atoms with Crippen LogP contribution in [0, 0.1) is 5.92 Å². The quantitative estimate of drug-likeness (QED) is 0.517. The average molecular weight is 442 g/mol. The zero-order valence-electron chi connectivity index (χ0n) is 19.0. The SMILES string of the molecule is CC[C@H](NC(=O)OC(C)(C)C)C(=O)NC1C(=O)N2C(CCC1CO)CCC2C(=O)OC. The number of hydrogen-bond acceptors (Lipinski definition) is 7. The van der Waals surface area contributed by atoms with Crippen LogP contribution in [0.4, 0.5) is 4.79 Å². The van der Waals surface area contributed by atoms with Crippen molar-refractivity contribution in [1.29, 1.82) is 0 Å². The predicted octanol–water partition coefficient (Wildman–Crippen LogP) is 0.709. The fraction of sp³-hybridized carbons (Fsp3) is 0.810. The summed E-state index contributed by atoms with van der Waals surface area (Å²) in [6.07, 6.45) is 1.88. The zero-order chi connectivity index (χ0) is 23.3. The number of ether oxygens (including phenoxy) is 2. The molecule has 10 heteroatoms. The fourth-order valence-electron chi connectivity index (χ4n) is 4.24. The van der Waals surface area contributed by atoms with Crippen molar-refractivity contribution in [3.8, 4) is 0 Å². The van der Waals surface area contributed by atoms with Crippen LogP contribution in [-0.4, -0.2) is 77.4 Å². The Morgan fingerprint density at radius 2 is 1.84 bits per heavy atom. The van der Waals surface area contributed by atoms with E-state index in [0.29, 0.717) is 25.7 Å². The highest BCUT2D eigenvalue weighted by Gasteiger charge is 2.48. The van der Waals surface area contributed by atoms with E-state index < -0.39 is 53.5 Å². The molecule has 0 spiro atoms. The van der Waals surface area contributed by atoms with Gasteiger partial charge < -0.3 is 30.1 Å². The second-order valence-corrected chi connectivity index (χ2v) is 9.13. The summed E-state index contributed by atoms with van der Waals surface area (Å²) in [5, 5.41) is 15.1. The molecule has 0 aromatic heterocycles. The number of alkyl carbamates (subject to hydrolysis) is 1. The fourth-order valence-corrected chi connectivity index (χ4v) is 4.24. The molecule has 2 saturated heterocycles. The van der Waals surface area contributed by atoms with E-state index in [1.807, 2.05) is 0 Å². The number of hydrogen-bond donors (Lipinski definition) is 3. The summed E-state index contributed by atoms with van der Waals surface area (Å²) in [4.78, 5) is 52.0. The van der Waals surface area contributed by atoms with Crippen molar-refractivity contribution in [2.75, 3.05) is 13.7 Å². The molecule has 10 nitrogen and oxygen atoms in total. The molecule has 31 heavy (non-hydrogen) atoms. The number of rotatable bonds is 6. The second kappa shape index (κ2) is 10.3. The van der Waals surface area contributed by atoms with Crippen LogP contribution in [0.15, 0.2) is 0 Å². The smallest absolute Gasteiger partial charge is 0.408 e. The minimum absolute atomic E-state index is 0.130. The lowest BCUT2D eigenvalue weighted by atomic mass is 9.94. The van der Waals surface area contributed by atoms with E-state index in [-0.39, 0.29) is 19.1 Å². The van der Waals surface area contributed by atoms with Gasteiger partial charge in [0.05, 0.1) is 7.11 Å². The number of carbonyl (C=O) groups is 4. The third-order valence-corrected chi connectivity index (χ3v) is 5.79. The first kappa shape index (κ1) is 24.9. The van der Waals surface area contributed by atoms with Crippen LogP contribution in [0.3, 0.4) is 0 Å². The topological polar surface area (TPSA) is 134 Å². The molecule has 2 aliphatic heterocycles. The summed E-state index contributed by atoms with van der Waals surface area (Å²) in [7, 11) is 1.28. The normalized spacial score (nSPS) is 27.0. The first-order valence-electron chi connectivity index (χ1n) is 10.8. The Bertz CT molecular complexity index is 691. The van der Waals surface area contributed by atoms with Crippen LogP contribution in [0.2, 0.25) is 0 Å². The molecule has 176 valence electrons. The van der Waals surface area contributed by atoms with E-state index in [2.05, 4.69) is 10.6 Å². The van der Waals surface area contributed by atoms with Crippen molar-refractivity contribution in [2.45, 2.75) is 89.6 Å². The average Bonchev–Trinajstić information content (AvgIpc) is 3.07. The number of aliphatic hydroxyl groups is 1. The van der Waals surface area contributed by atoms with Crippen LogP contribution >= 0.6 is 0 Å². The van der Waals surface area contributed by atoms with Gasteiger partial charge in [0.25, 0.3) is 0 Å². The van der Waals surface area contributed by atoms with Gasteiger partial charge in [0.1, 0.15) is 23.7 Å². The maximum atomic E-state index is 13.4. The van der Waals surface area contributed by atoms with E-state index in [1.165, 1.54) is 12.0 Å². The second-order valence-electron chi connectivity index (χ2n) is 9.13. The highest BCUT2D eigenvalue weighted by molar-refractivity contribution is 5.94. The Labute approximate surface area is 183 Å². The van der Waals surface area contributed by atoms with Crippen LogP contribution in [0.1, 0.15) is 59.8 Å². The van der Waals surface area contributed by atoms with Crippen molar-refractivity contribution in [2.24, 2.45) is 5.92 Å². The van der Waals surface area contributed by atoms with Gasteiger partial charge in [0, 0.05) is 18.6 Å². The van der Waals surface area contributed by atoms with Crippen LogP contribution in [-0.2, 0) is 23.9 Å². The van der Waals surface area contributed by atoms with Gasteiger partial charge >= 0.3 is 12.1 Å². The molecule has 0 aliphatic carbocycles. The number of aliphatic hydroxyl groups excluding tert-OH is 1. The van der Waals surface area contributed by atoms with Crippen molar-refractivity contribution < 1.29 is 33.8 Å². The number of esters is 1. The van der Waals surface area contributed by atoms with E-state index in [4.69, 9.17) is 9.47 Å². The predicted molar refractivity (Wildman–Crippen MR) is 111 cm³/mol. The summed E-state index contributed by atoms with van der Waals surface area (Å²) < 4.78 is 10.1. The molecular formula is C21H35N3O7. The molecule has 2 rings (SSSR count). The molecular weight excluding hydrogens is 406 g/mol. The summed E-state index contributed by atoms with van der Waals surface area (Å²) in [5.74, 6) is -1.92. The Morgan fingerprint density at radius 3 is 2.39 bits per heavy atom. The zero-order valence-corrected chi connectivity index (χ0v) is 19.0. The number of methoxy groups -OCH3 is 1. The standard InChI is InChI=1S/C21H35N3O7/c1-6-14(22-20(29)31-21(2,3)4)17(26)23-16-12(11-25)7-8-13-9-10-15(19(28)30-5)24(13)18(16)27/h12-16,25H,6-11H2,1-5H3,(H,22,29)(H,23,26)/t12?,13?,14-,15?,16?/m0/s1. The van der Waals surface area contributed by atoms with Crippen LogP contribution < -0.4 is 10.6 Å². The monoisotopic (exact) mass is 441 g/mol. The molecule has 0 saturated carbocycles. The molecule has 0 radical (unpaired) electrons. The summed E-state index contributed by atoms with van der Waals surface area (Å²) >= 11 is 0. The molecule has 2 heterocycles. The maximum Gasteiger partial charge on any atom is 0.408 e. The van der Waals surface area contributed by atoms with Crippen molar-refractivity contribution in [1.82, 2.24) is 15.5 Å². The molecule has 3 amide bonds. The highest BCUT2D eigenvalue weighted by atomic mass is 16.6. The summed E-state index contributed by atoms with van der Waals surface area (Å²) in [6.45, 7) is 6.59. The Kier molecular flexibility index (Phi) is 8.27. The van der Waals surface area contributed by atoms with Crippen molar-refractivity contribution >= 4 is 23.9 Å². The Morgan fingerprint density at radius 1 is 1.19 bits per heavy atom. The molecule has 2 fully saturated rings. The first-order valence-corrected chi connectivity index (χ1v) is 10.8. The molecule has 5 atom stereocenters. The van der Waals surface area contributed by atoms with Gasteiger partial charge in [-0.05, 0) is 52.9 Å². The molecule has 3 N–H and O–H groups in total. The molecule has 0 bridgehead atoms. The first-order chi connectivity index (χ1) is 14.5. The molecule has 0 aromatic rings. The third kappa shape index (κ3) is 6.09. The lowest BCUT2D eigenvalue weighted by Crippen LogP contribution is -2.58. The minimum atomic E-state index is -0.998. The highest BCUT2D eigenvalue weighted by Crippen LogP contribution is 2.34. The van der Waals surface area contributed by atoms with Crippen molar-refractivity contribution in [3.05, 3.63) is 0 Å². The lowest BCUT2D eigenvalue weighted by Gasteiger charge is -2.32. The molecule has 2 aliphatic rings. The third-order valence-electron chi connectivity index (χ3n) is 5.79. The minimum Gasteiger partial charge on any atom is -0.467 e. The lowest BCUT2D eigenvalue weighted by molar-refractivity contribution is -0.153. The number of carbonyl (C=O) groups excluding carboxylic acids is 4.